The summed E-state index contributed by atoms with van der Waals surface area (Å²) in [5.41, 5.74) is 1.12. The van der Waals surface area contributed by atoms with Crippen LogP contribution in [-0.2, 0) is 11.3 Å². The van der Waals surface area contributed by atoms with Crippen LogP contribution >= 0.6 is 23.2 Å². The van der Waals surface area contributed by atoms with Crippen molar-refractivity contribution in [2.24, 2.45) is 0 Å². The molecule has 0 saturated carbocycles. The second-order valence-corrected chi connectivity index (χ2v) is 7.81. The summed E-state index contributed by atoms with van der Waals surface area (Å²) in [7, 11) is 0. The summed E-state index contributed by atoms with van der Waals surface area (Å²) in [6, 6.07) is 10.5. The van der Waals surface area contributed by atoms with Gasteiger partial charge in [-0.1, -0.05) is 29.3 Å². The fourth-order valence-electron chi connectivity index (χ4n) is 3.95. The van der Waals surface area contributed by atoms with Crippen LogP contribution in [0.15, 0.2) is 42.5 Å². The van der Waals surface area contributed by atoms with Crippen molar-refractivity contribution in [1.29, 1.82) is 0 Å². The third kappa shape index (κ3) is 3.01. The predicted molar refractivity (Wildman–Crippen MR) is 105 cm³/mol. The number of nitrogens with zero attached hydrogens (tertiary/aromatic N) is 4. The van der Waals surface area contributed by atoms with Gasteiger partial charge in [0.15, 0.2) is 11.6 Å². The molecule has 2 aromatic carbocycles. The fraction of sp³-hybridized carbons (Fsp3) is 0.250. The number of morpholine rings is 1. The van der Waals surface area contributed by atoms with Crippen molar-refractivity contribution in [3.8, 4) is 11.4 Å². The van der Waals surface area contributed by atoms with Gasteiger partial charge in [0.05, 0.1) is 34.9 Å². The first kappa shape index (κ1) is 18.5. The van der Waals surface area contributed by atoms with E-state index < -0.39 is 6.04 Å². The molecule has 0 N–H and O–H groups in total. The van der Waals surface area contributed by atoms with E-state index in [0.717, 1.165) is 5.56 Å². The van der Waals surface area contributed by atoms with Gasteiger partial charge in [0, 0.05) is 12.1 Å². The maximum absolute atomic E-state index is 13.3. The van der Waals surface area contributed by atoms with Crippen molar-refractivity contribution < 1.29 is 13.9 Å². The van der Waals surface area contributed by atoms with Crippen LogP contribution in [0.4, 0.5) is 4.39 Å². The van der Waals surface area contributed by atoms with Gasteiger partial charge in [-0.2, -0.15) is 0 Å². The van der Waals surface area contributed by atoms with Crippen LogP contribution in [0.1, 0.15) is 22.2 Å². The van der Waals surface area contributed by atoms with Gasteiger partial charge < -0.3 is 14.2 Å². The van der Waals surface area contributed by atoms with Crippen molar-refractivity contribution in [3.05, 3.63) is 69.7 Å². The van der Waals surface area contributed by atoms with Crippen LogP contribution in [0.5, 0.6) is 0 Å². The van der Waals surface area contributed by atoms with Crippen LogP contribution in [0.2, 0.25) is 10.0 Å². The first-order valence-corrected chi connectivity index (χ1v) is 9.83. The highest BCUT2D eigenvalue weighted by Crippen LogP contribution is 2.37. The minimum atomic E-state index is -0.397. The molecule has 2 bridgehead atoms. The van der Waals surface area contributed by atoms with Crippen molar-refractivity contribution >= 4 is 29.1 Å². The fourth-order valence-corrected chi connectivity index (χ4v) is 4.33. The molecule has 29 heavy (non-hydrogen) atoms. The van der Waals surface area contributed by atoms with Gasteiger partial charge in [0.25, 0.3) is 5.91 Å². The summed E-state index contributed by atoms with van der Waals surface area (Å²) in [4.78, 5) is 15.1. The number of carbonyl (C=O) groups excluding carboxylic acids is 1. The molecule has 9 heteroatoms. The minimum absolute atomic E-state index is 0.209. The summed E-state index contributed by atoms with van der Waals surface area (Å²) < 4.78 is 21.0. The molecule has 6 nitrogen and oxygen atoms in total. The Hall–Kier alpha value is -2.48. The Kier molecular flexibility index (Phi) is 4.53. The third-order valence-corrected chi connectivity index (χ3v) is 6.12. The highest BCUT2D eigenvalue weighted by Gasteiger charge is 2.44. The minimum Gasteiger partial charge on any atom is -0.377 e. The number of fused-ring (bicyclic) bond motifs is 4. The molecule has 3 heterocycles. The van der Waals surface area contributed by atoms with Crippen LogP contribution in [0, 0.1) is 5.82 Å². The number of amides is 1. The molecule has 148 valence electrons. The summed E-state index contributed by atoms with van der Waals surface area (Å²) in [6.45, 7) is 1.17. The number of rotatable bonds is 2. The topological polar surface area (TPSA) is 60.3 Å². The van der Waals surface area contributed by atoms with Crippen LogP contribution in [0.3, 0.4) is 0 Å². The summed E-state index contributed by atoms with van der Waals surface area (Å²) in [6.07, 6.45) is 0. The lowest BCUT2D eigenvalue weighted by Crippen LogP contribution is -2.56. The van der Waals surface area contributed by atoms with E-state index in [1.165, 1.54) is 12.1 Å². The molecule has 3 aromatic rings. The monoisotopic (exact) mass is 432 g/mol. The molecule has 2 aliphatic heterocycles. The van der Waals surface area contributed by atoms with E-state index >= 15 is 0 Å². The molecule has 2 aliphatic rings. The van der Waals surface area contributed by atoms with Gasteiger partial charge in [-0.15, -0.1) is 10.2 Å². The average molecular weight is 433 g/mol. The highest BCUT2D eigenvalue weighted by atomic mass is 35.5. The van der Waals surface area contributed by atoms with Gasteiger partial charge in [0.2, 0.25) is 0 Å². The number of hydrogen-bond acceptors (Lipinski definition) is 4. The molecule has 0 aliphatic carbocycles. The van der Waals surface area contributed by atoms with Crippen molar-refractivity contribution in [1.82, 2.24) is 19.7 Å². The predicted octanol–water partition coefficient (Wildman–Crippen LogP) is 3.99. The Labute approximate surface area is 175 Å². The Bertz CT molecular complexity index is 1100. The molecule has 1 aromatic heterocycles. The molecule has 1 saturated heterocycles. The van der Waals surface area contributed by atoms with Gasteiger partial charge in [0.1, 0.15) is 11.9 Å². The molecule has 5 rings (SSSR count). The van der Waals surface area contributed by atoms with Crippen molar-refractivity contribution in [3.63, 3.8) is 0 Å². The van der Waals surface area contributed by atoms with E-state index in [1.807, 2.05) is 4.57 Å². The molecular weight excluding hydrogens is 418 g/mol. The largest absolute Gasteiger partial charge is 0.377 e. The Morgan fingerprint density at radius 3 is 2.69 bits per heavy atom. The zero-order chi connectivity index (χ0) is 20.1. The molecule has 2 atom stereocenters. The van der Waals surface area contributed by atoms with Gasteiger partial charge in [-0.25, -0.2) is 4.39 Å². The standard InChI is InChI=1S/C20H15Cl2FN4O2/c21-15-3-1-2-14(17(15)22)20(28)27-13-8-26-18(11-4-6-12(23)7-5-11)24-25-19(26)16(27)10-29-9-13/h1-7,13,16H,8-10H2/t13-,16-/m1/s1. The Balaban J connectivity index is 1.55. The SMILES string of the molecule is O=C(c1cccc(Cl)c1Cl)N1[C@H]2COC[C@@H]1c1nnc(-c3ccc(F)cc3)n1C2. The first-order chi connectivity index (χ1) is 14.0. The van der Waals surface area contributed by atoms with Crippen LogP contribution in [-0.4, -0.2) is 44.8 Å². The van der Waals surface area contributed by atoms with E-state index in [4.69, 9.17) is 27.9 Å². The molecule has 1 fully saturated rings. The summed E-state index contributed by atoms with van der Waals surface area (Å²) in [5, 5.41) is 9.20. The normalized spacial score (nSPS) is 20.4. The third-order valence-electron chi connectivity index (χ3n) is 5.30. The van der Waals surface area contributed by atoms with E-state index in [0.29, 0.717) is 42.0 Å². The summed E-state index contributed by atoms with van der Waals surface area (Å²) >= 11 is 12.4. The van der Waals surface area contributed by atoms with E-state index in [9.17, 15) is 9.18 Å². The molecule has 0 spiro atoms. The second-order valence-electron chi connectivity index (χ2n) is 7.02. The molecule has 1 amide bonds. The highest BCUT2D eigenvalue weighted by molar-refractivity contribution is 6.43. The van der Waals surface area contributed by atoms with Crippen molar-refractivity contribution in [2.75, 3.05) is 13.2 Å². The maximum Gasteiger partial charge on any atom is 0.256 e. The lowest BCUT2D eigenvalue weighted by Gasteiger charge is -2.45. The van der Waals surface area contributed by atoms with Crippen LogP contribution < -0.4 is 0 Å². The lowest BCUT2D eigenvalue weighted by atomic mass is 10.0. The Morgan fingerprint density at radius 1 is 1.10 bits per heavy atom. The number of carbonyl (C=O) groups is 1. The zero-order valence-electron chi connectivity index (χ0n) is 15.1. The Morgan fingerprint density at radius 2 is 1.90 bits per heavy atom. The van der Waals surface area contributed by atoms with Gasteiger partial charge in [-0.3, -0.25) is 4.79 Å². The quantitative estimate of drug-likeness (QED) is 0.614. The maximum atomic E-state index is 13.3. The number of ether oxygens (including phenoxy) is 1. The van der Waals surface area contributed by atoms with Crippen LogP contribution in [0.25, 0.3) is 11.4 Å². The van der Waals surface area contributed by atoms with E-state index in [1.54, 1.807) is 35.2 Å². The zero-order valence-corrected chi connectivity index (χ0v) is 16.6. The molecule has 0 radical (unpaired) electrons. The van der Waals surface area contributed by atoms with E-state index in [-0.39, 0.29) is 22.8 Å². The molecular formula is C20H15Cl2FN4O2. The van der Waals surface area contributed by atoms with E-state index in [2.05, 4.69) is 10.2 Å². The number of aromatic nitrogens is 3. The average Bonchev–Trinajstić information content (AvgIpc) is 3.13. The smallest absolute Gasteiger partial charge is 0.256 e. The van der Waals surface area contributed by atoms with Gasteiger partial charge >= 0.3 is 0 Å². The number of halogens is 3. The number of benzene rings is 2. The first-order valence-electron chi connectivity index (χ1n) is 9.08. The molecule has 0 unspecified atom stereocenters. The number of hydrogen-bond donors (Lipinski definition) is 0. The summed E-state index contributed by atoms with van der Waals surface area (Å²) in [5.74, 6) is 0.748. The second kappa shape index (κ2) is 7.09. The lowest BCUT2D eigenvalue weighted by molar-refractivity contribution is -0.0569. The van der Waals surface area contributed by atoms with Gasteiger partial charge in [-0.05, 0) is 36.4 Å². The van der Waals surface area contributed by atoms with Crippen molar-refractivity contribution in [2.45, 2.75) is 18.6 Å².